The molecule has 17 heavy (non-hydrogen) atoms. The van der Waals surface area contributed by atoms with Gasteiger partial charge < -0.3 is 5.73 Å². The Morgan fingerprint density at radius 2 is 1.76 bits per heavy atom. The number of aromatic amines is 1. The Morgan fingerprint density at radius 1 is 1.18 bits per heavy atom. The van der Waals surface area contributed by atoms with Crippen molar-refractivity contribution in [3.05, 3.63) is 34.4 Å². The highest BCUT2D eigenvalue weighted by Crippen LogP contribution is 2.31. The topological polar surface area (TPSA) is 54.7 Å². The van der Waals surface area contributed by atoms with Crippen LogP contribution in [0.2, 0.25) is 0 Å². The average Bonchev–Trinajstić information content (AvgIpc) is 2.58. The van der Waals surface area contributed by atoms with Gasteiger partial charge in [-0.15, -0.1) is 0 Å². The van der Waals surface area contributed by atoms with Crippen molar-refractivity contribution in [2.24, 2.45) is 0 Å². The van der Waals surface area contributed by atoms with Crippen molar-refractivity contribution < 1.29 is 0 Å². The van der Waals surface area contributed by atoms with Gasteiger partial charge in [-0.05, 0) is 38.3 Å². The quantitative estimate of drug-likeness (QED) is 0.831. The van der Waals surface area contributed by atoms with E-state index in [-0.39, 0.29) is 0 Å². The van der Waals surface area contributed by atoms with Gasteiger partial charge in [-0.2, -0.15) is 5.10 Å². The second-order valence-corrected chi connectivity index (χ2v) is 4.59. The zero-order valence-corrected chi connectivity index (χ0v) is 10.9. The molecule has 1 aromatic heterocycles. The highest BCUT2D eigenvalue weighted by atomic mass is 15.2. The summed E-state index contributed by atoms with van der Waals surface area (Å²) in [4.78, 5) is 0. The third-order valence-corrected chi connectivity index (χ3v) is 3.18. The van der Waals surface area contributed by atoms with Gasteiger partial charge in [-0.25, -0.2) is 0 Å². The number of aryl methyl sites for hydroxylation is 3. The number of nitrogen functional groups attached to an aromatic ring is 1. The van der Waals surface area contributed by atoms with E-state index in [4.69, 9.17) is 5.73 Å². The van der Waals surface area contributed by atoms with Crippen LogP contribution in [0.4, 0.5) is 5.82 Å². The van der Waals surface area contributed by atoms with Gasteiger partial charge in [0.15, 0.2) is 0 Å². The van der Waals surface area contributed by atoms with Crippen molar-refractivity contribution in [3.8, 4) is 11.3 Å². The number of hydrogen-bond acceptors (Lipinski definition) is 2. The summed E-state index contributed by atoms with van der Waals surface area (Å²) in [6.07, 6.45) is 0.893. The lowest BCUT2D eigenvalue weighted by Gasteiger charge is -2.11. The maximum Gasteiger partial charge on any atom is 0.149 e. The fraction of sp³-hybridized carbons (Fsp3) is 0.357. The van der Waals surface area contributed by atoms with Crippen molar-refractivity contribution >= 4 is 5.82 Å². The summed E-state index contributed by atoms with van der Waals surface area (Å²) in [7, 11) is 0. The Morgan fingerprint density at radius 3 is 2.29 bits per heavy atom. The van der Waals surface area contributed by atoms with Gasteiger partial charge in [0.1, 0.15) is 5.82 Å². The SMILES string of the molecule is CCc1c(N)n[nH]c1-c1c(C)cc(C)cc1C. The molecule has 1 heterocycles. The molecule has 0 bridgehead atoms. The van der Waals surface area contributed by atoms with E-state index in [1.807, 2.05) is 0 Å². The molecule has 2 aromatic rings. The number of rotatable bonds is 2. The van der Waals surface area contributed by atoms with Crippen LogP contribution in [0.1, 0.15) is 29.2 Å². The second-order valence-electron chi connectivity index (χ2n) is 4.59. The number of H-pyrrole nitrogens is 1. The van der Waals surface area contributed by atoms with E-state index in [0.29, 0.717) is 5.82 Å². The van der Waals surface area contributed by atoms with Crippen LogP contribution in [0, 0.1) is 20.8 Å². The van der Waals surface area contributed by atoms with Crippen LogP contribution in [0.25, 0.3) is 11.3 Å². The van der Waals surface area contributed by atoms with Crippen LogP contribution in [0.5, 0.6) is 0 Å². The molecule has 0 spiro atoms. The lowest BCUT2D eigenvalue weighted by molar-refractivity contribution is 1.10. The Kier molecular flexibility index (Phi) is 2.92. The van der Waals surface area contributed by atoms with E-state index in [2.05, 4.69) is 50.0 Å². The van der Waals surface area contributed by atoms with Crippen molar-refractivity contribution in [2.45, 2.75) is 34.1 Å². The fourth-order valence-corrected chi connectivity index (χ4v) is 2.52. The summed E-state index contributed by atoms with van der Waals surface area (Å²) in [5.41, 5.74) is 13.1. The first kappa shape index (κ1) is 11.7. The van der Waals surface area contributed by atoms with E-state index in [1.54, 1.807) is 0 Å². The molecule has 2 rings (SSSR count). The summed E-state index contributed by atoms with van der Waals surface area (Å²) < 4.78 is 0. The molecular weight excluding hydrogens is 210 g/mol. The van der Waals surface area contributed by atoms with E-state index in [0.717, 1.165) is 17.7 Å². The number of benzene rings is 1. The first-order chi connectivity index (χ1) is 8.04. The lowest BCUT2D eigenvalue weighted by Crippen LogP contribution is -1.95. The minimum Gasteiger partial charge on any atom is -0.382 e. The fourth-order valence-electron chi connectivity index (χ4n) is 2.52. The van der Waals surface area contributed by atoms with Crippen LogP contribution in [0.15, 0.2) is 12.1 Å². The van der Waals surface area contributed by atoms with Crippen molar-refractivity contribution in [3.63, 3.8) is 0 Å². The number of nitrogens with zero attached hydrogens (tertiary/aromatic N) is 1. The lowest BCUT2D eigenvalue weighted by atomic mass is 9.95. The van der Waals surface area contributed by atoms with E-state index >= 15 is 0 Å². The predicted octanol–water partition coefficient (Wildman–Crippen LogP) is 3.15. The minimum atomic E-state index is 0.613. The van der Waals surface area contributed by atoms with Crippen molar-refractivity contribution in [1.82, 2.24) is 10.2 Å². The molecule has 0 aliphatic carbocycles. The summed E-state index contributed by atoms with van der Waals surface area (Å²) in [5, 5.41) is 7.19. The molecular formula is C14H19N3. The van der Waals surface area contributed by atoms with Crippen LogP contribution < -0.4 is 5.73 Å². The molecule has 3 nitrogen and oxygen atoms in total. The number of nitrogens with two attached hydrogens (primary N) is 1. The second kappa shape index (κ2) is 4.24. The van der Waals surface area contributed by atoms with Gasteiger partial charge >= 0.3 is 0 Å². The normalized spacial score (nSPS) is 10.8. The molecule has 0 aliphatic heterocycles. The third-order valence-electron chi connectivity index (χ3n) is 3.18. The highest BCUT2D eigenvalue weighted by molar-refractivity contribution is 5.74. The van der Waals surface area contributed by atoms with Crippen molar-refractivity contribution in [2.75, 3.05) is 5.73 Å². The molecule has 0 aliphatic rings. The number of nitrogens with one attached hydrogen (secondary N) is 1. The summed E-state index contributed by atoms with van der Waals surface area (Å²) in [6, 6.07) is 4.39. The molecule has 0 atom stereocenters. The summed E-state index contributed by atoms with van der Waals surface area (Å²) in [5.74, 6) is 0.613. The van der Waals surface area contributed by atoms with Crippen molar-refractivity contribution in [1.29, 1.82) is 0 Å². The maximum absolute atomic E-state index is 5.88. The van der Waals surface area contributed by atoms with Gasteiger partial charge in [-0.1, -0.05) is 24.6 Å². The molecule has 0 unspecified atom stereocenters. The van der Waals surface area contributed by atoms with Gasteiger partial charge in [-0.3, -0.25) is 5.10 Å². The number of anilines is 1. The van der Waals surface area contributed by atoms with Crippen LogP contribution in [-0.2, 0) is 6.42 Å². The van der Waals surface area contributed by atoms with Gasteiger partial charge in [0.05, 0.1) is 5.69 Å². The van der Waals surface area contributed by atoms with E-state index in [1.165, 1.54) is 22.3 Å². The van der Waals surface area contributed by atoms with Crippen LogP contribution >= 0.6 is 0 Å². The molecule has 3 N–H and O–H groups in total. The average molecular weight is 229 g/mol. The first-order valence-corrected chi connectivity index (χ1v) is 5.95. The molecule has 3 heteroatoms. The molecule has 90 valence electrons. The zero-order valence-electron chi connectivity index (χ0n) is 10.9. The third kappa shape index (κ3) is 1.93. The monoisotopic (exact) mass is 229 g/mol. The standard InChI is InChI=1S/C14H19N3/c1-5-11-13(16-17-14(11)15)12-9(3)6-8(2)7-10(12)4/h6-7H,5H2,1-4H3,(H3,15,16,17). The molecule has 1 aromatic carbocycles. The van der Waals surface area contributed by atoms with E-state index < -0.39 is 0 Å². The largest absolute Gasteiger partial charge is 0.382 e. The minimum absolute atomic E-state index is 0.613. The van der Waals surface area contributed by atoms with E-state index in [9.17, 15) is 0 Å². The van der Waals surface area contributed by atoms with Gasteiger partial charge in [0, 0.05) is 11.1 Å². The smallest absolute Gasteiger partial charge is 0.149 e. The Balaban J connectivity index is 2.68. The van der Waals surface area contributed by atoms with Crippen LogP contribution in [-0.4, -0.2) is 10.2 Å². The van der Waals surface area contributed by atoms with Gasteiger partial charge in [0.2, 0.25) is 0 Å². The summed E-state index contributed by atoms with van der Waals surface area (Å²) >= 11 is 0. The predicted molar refractivity (Wildman–Crippen MR) is 72.0 cm³/mol. The number of hydrogen-bond donors (Lipinski definition) is 2. The Hall–Kier alpha value is -1.77. The molecule has 0 amide bonds. The van der Waals surface area contributed by atoms with Gasteiger partial charge in [0.25, 0.3) is 0 Å². The zero-order chi connectivity index (χ0) is 12.6. The number of aromatic nitrogens is 2. The Labute approximate surface area is 102 Å². The maximum atomic E-state index is 5.88. The van der Waals surface area contributed by atoms with Crippen LogP contribution in [0.3, 0.4) is 0 Å². The summed E-state index contributed by atoms with van der Waals surface area (Å²) in [6.45, 7) is 8.48. The first-order valence-electron chi connectivity index (χ1n) is 5.95. The Bertz CT molecular complexity index is 530. The molecule has 0 radical (unpaired) electrons. The molecule has 0 saturated carbocycles. The highest BCUT2D eigenvalue weighted by Gasteiger charge is 2.14. The molecule has 0 saturated heterocycles. The molecule has 0 fully saturated rings.